The summed E-state index contributed by atoms with van der Waals surface area (Å²) in [6.07, 6.45) is 6.12. The molecule has 0 rings (SSSR count). The van der Waals surface area contributed by atoms with Crippen LogP contribution in [0.5, 0.6) is 0 Å². The van der Waals surface area contributed by atoms with E-state index >= 15 is 0 Å². The van der Waals surface area contributed by atoms with Gasteiger partial charge in [0.15, 0.2) is 0 Å². The zero-order valence-electron chi connectivity index (χ0n) is 7.65. The van der Waals surface area contributed by atoms with Crippen molar-refractivity contribution in [2.24, 2.45) is 0 Å². The Labute approximate surface area is 64.7 Å². The lowest BCUT2D eigenvalue weighted by Crippen LogP contribution is -2.07. The van der Waals surface area contributed by atoms with E-state index in [4.69, 9.17) is 0 Å². The van der Waals surface area contributed by atoms with Crippen molar-refractivity contribution in [3.05, 3.63) is 11.8 Å². The van der Waals surface area contributed by atoms with Crippen molar-refractivity contribution in [1.29, 1.82) is 0 Å². The van der Waals surface area contributed by atoms with Crippen LogP contribution in [0.25, 0.3) is 0 Å². The molecule has 0 aromatic heterocycles. The van der Waals surface area contributed by atoms with Crippen LogP contribution < -0.4 is 0 Å². The van der Waals surface area contributed by atoms with Crippen LogP contribution in [0.3, 0.4) is 0 Å². The van der Waals surface area contributed by atoms with Gasteiger partial charge in [-0.2, -0.15) is 0 Å². The molecule has 0 spiro atoms. The van der Waals surface area contributed by atoms with E-state index in [1.807, 2.05) is 0 Å². The third-order valence-corrected chi connectivity index (χ3v) is 1.70. The molecule has 0 atom stereocenters. The first-order valence-electron chi connectivity index (χ1n) is 4.02. The Morgan fingerprint density at radius 1 is 1.40 bits per heavy atom. The van der Waals surface area contributed by atoms with Gasteiger partial charge in [0.1, 0.15) is 0 Å². The SMILES string of the molecule is CCCC/C=C(\C)N(C)C. The Hall–Kier alpha value is -0.460. The molecule has 0 heterocycles. The van der Waals surface area contributed by atoms with Crippen LogP contribution in [0.4, 0.5) is 0 Å². The number of rotatable bonds is 4. The first kappa shape index (κ1) is 9.54. The van der Waals surface area contributed by atoms with E-state index in [2.05, 4.69) is 38.9 Å². The molecule has 10 heavy (non-hydrogen) atoms. The molecular formula is C9H19N. The molecule has 0 N–H and O–H groups in total. The molecule has 1 nitrogen and oxygen atoms in total. The molecule has 0 aliphatic carbocycles. The Morgan fingerprint density at radius 2 is 2.00 bits per heavy atom. The fourth-order valence-corrected chi connectivity index (χ4v) is 0.698. The van der Waals surface area contributed by atoms with Crippen LogP contribution in [0, 0.1) is 0 Å². The highest BCUT2D eigenvalue weighted by Crippen LogP contribution is 2.01. The Bertz CT molecular complexity index is 103. The van der Waals surface area contributed by atoms with Gasteiger partial charge in [0.2, 0.25) is 0 Å². The standard InChI is InChI=1S/C9H19N/c1-5-6-7-8-9(2)10(3)4/h8H,5-7H2,1-4H3/b9-8+. The number of hydrogen-bond acceptors (Lipinski definition) is 1. The maximum Gasteiger partial charge on any atom is 0.00579 e. The lowest BCUT2D eigenvalue weighted by atomic mass is 10.2. The molecule has 0 saturated carbocycles. The molecule has 60 valence electrons. The molecule has 0 bridgehead atoms. The molecule has 0 amide bonds. The quantitative estimate of drug-likeness (QED) is 0.544. The minimum Gasteiger partial charge on any atom is -0.381 e. The monoisotopic (exact) mass is 141 g/mol. The van der Waals surface area contributed by atoms with Gasteiger partial charge in [0.05, 0.1) is 0 Å². The summed E-state index contributed by atoms with van der Waals surface area (Å²) in [5, 5.41) is 0. The minimum absolute atomic E-state index is 1.22. The summed E-state index contributed by atoms with van der Waals surface area (Å²) in [7, 11) is 4.16. The van der Waals surface area contributed by atoms with Gasteiger partial charge in [0.25, 0.3) is 0 Å². The summed E-state index contributed by atoms with van der Waals surface area (Å²) in [6, 6.07) is 0. The number of unbranched alkanes of at least 4 members (excludes halogenated alkanes) is 2. The number of allylic oxidation sites excluding steroid dienone is 2. The molecule has 0 aliphatic heterocycles. The van der Waals surface area contributed by atoms with Crippen LogP contribution in [0.15, 0.2) is 11.8 Å². The highest BCUT2D eigenvalue weighted by atomic mass is 15.1. The Balaban J connectivity index is 3.48. The fraction of sp³-hybridized carbons (Fsp3) is 0.778. The van der Waals surface area contributed by atoms with Crippen molar-refractivity contribution < 1.29 is 0 Å². The van der Waals surface area contributed by atoms with E-state index < -0.39 is 0 Å². The van der Waals surface area contributed by atoms with Gasteiger partial charge in [-0.1, -0.05) is 25.8 Å². The highest BCUT2D eigenvalue weighted by Gasteiger charge is 1.88. The third-order valence-electron chi connectivity index (χ3n) is 1.70. The van der Waals surface area contributed by atoms with E-state index in [1.54, 1.807) is 0 Å². The maximum absolute atomic E-state index is 2.30. The van der Waals surface area contributed by atoms with Crippen molar-refractivity contribution in [3.63, 3.8) is 0 Å². The van der Waals surface area contributed by atoms with Crippen LogP contribution in [-0.2, 0) is 0 Å². The zero-order chi connectivity index (χ0) is 7.98. The second-order valence-electron chi connectivity index (χ2n) is 2.88. The zero-order valence-corrected chi connectivity index (χ0v) is 7.65. The van der Waals surface area contributed by atoms with Crippen LogP contribution >= 0.6 is 0 Å². The van der Waals surface area contributed by atoms with Gasteiger partial charge >= 0.3 is 0 Å². The first-order chi connectivity index (χ1) is 4.68. The van der Waals surface area contributed by atoms with Gasteiger partial charge in [-0.05, 0) is 13.3 Å². The van der Waals surface area contributed by atoms with E-state index in [-0.39, 0.29) is 0 Å². The van der Waals surface area contributed by atoms with Crippen molar-refractivity contribution in [1.82, 2.24) is 4.90 Å². The molecule has 0 saturated heterocycles. The number of hydrogen-bond donors (Lipinski definition) is 0. The largest absolute Gasteiger partial charge is 0.381 e. The van der Waals surface area contributed by atoms with Crippen LogP contribution in [-0.4, -0.2) is 19.0 Å². The Kier molecular flexibility index (Phi) is 5.09. The highest BCUT2D eigenvalue weighted by molar-refractivity contribution is 4.94. The first-order valence-corrected chi connectivity index (χ1v) is 4.02. The van der Waals surface area contributed by atoms with Gasteiger partial charge in [-0.3, -0.25) is 0 Å². The lowest BCUT2D eigenvalue weighted by Gasteiger charge is -2.11. The Morgan fingerprint density at radius 3 is 2.40 bits per heavy atom. The smallest absolute Gasteiger partial charge is 0.00579 e. The number of nitrogens with zero attached hydrogens (tertiary/aromatic N) is 1. The molecule has 0 unspecified atom stereocenters. The van der Waals surface area contributed by atoms with Gasteiger partial charge in [-0.15, -0.1) is 0 Å². The van der Waals surface area contributed by atoms with Crippen LogP contribution in [0.1, 0.15) is 33.1 Å². The average molecular weight is 141 g/mol. The second-order valence-corrected chi connectivity index (χ2v) is 2.88. The predicted octanol–water partition coefficient (Wildman–Crippen LogP) is 2.64. The third kappa shape index (κ3) is 4.42. The van der Waals surface area contributed by atoms with Crippen molar-refractivity contribution in [2.75, 3.05) is 14.1 Å². The second kappa shape index (κ2) is 5.33. The molecule has 0 radical (unpaired) electrons. The topological polar surface area (TPSA) is 3.24 Å². The van der Waals surface area contributed by atoms with E-state index in [0.717, 1.165) is 0 Å². The van der Waals surface area contributed by atoms with E-state index in [1.165, 1.54) is 25.0 Å². The fourth-order valence-electron chi connectivity index (χ4n) is 0.698. The predicted molar refractivity (Wildman–Crippen MR) is 47.0 cm³/mol. The van der Waals surface area contributed by atoms with Gasteiger partial charge in [0, 0.05) is 19.8 Å². The summed E-state index contributed by atoms with van der Waals surface area (Å²) in [6.45, 7) is 4.37. The van der Waals surface area contributed by atoms with Crippen molar-refractivity contribution in [2.45, 2.75) is 33.1 Å². The molecule has 0 aliphatic rings. The minimum atomic E-state index is 1.22. The normalized spacial score (nSPS) is 11.8. The summed E-state index contributed by atoms with van der Waals surface area (Å²) in [5.74, 6) is 0. The summed E-state index contributed by atoms with van der Waals surface area (Å²) in [4.78, 5) is 2.15. The molecular weight excluding hydrogens is 122 g/mol. The van der Waals surface area contributed by atoms with Crippen LogP contribution in [0.2, 0.25) is 0 Å². The molecule has 1 heteroatoms. The molecule has 0 aromatic carbocycles. The maximum atomic E-state index is 2.30. The van der Waals surface area contributed by atoms with Gasteiger partial charge in [-0.25, -0.2) is 0 Å². The molecule has 0 aromatic rings. The lowest BCUT2D eigenvalue weighted by molar-refractivity contribution is 0.509. The summed E-state index contributed by atoms with van der Waals surface area (Å²) >= 11 is 0. The molecule has 0 fully saturated rings. The van der Waals surface area contributed by atoms with Crippen molar-refractivity contribution >= 4 is 0 Å². The average Bonchev–Trinajstić information content (AvgIpc) is 1.88. The van der Waals surface area contributed by atoms with Gasteiger partial charge < -0.3 is 4.90 Å². The van der Waals surface area contributed by atoms with Crippen molar-refractivity contribution in [3.8, 4) is 0 Å². The summed E-state index contributed by atoms with van der Waals surface area (Å²) in [5.41, 5.74) is 1.37. The summed E-state index contributed by atoms with van der Waals surface area (Å²) < 4.78 is 0. The van der Waals surface area contributed by atoms with E-state index in [9.17, 15) is 0 Å². The van der Waals surface area contributed by atoms with E-state index in [0.29, 0.717) is 0 Å².